The lowest BCUT2D eigenvalue weighted by Gasteiger charge is -2.32. The smallest absolute Gasteiger partial charge is 0.328 e. The van der Waals surface area contributed by atoms with Gasteiger partial charge in [0.25, 0.3) is 0 Å². The van der Waals surface area contributed by atoms with Gasteiger partial charge in [-0.05, 0) is 43.6 Å². The lowest BCUT2D eigenvalue weighted by molar-refractivity contribution is -0.0692. The van der Waals surface area contributed by atoms with Gasteiger partial charge >= 0.3 is 6.18 Å². The molecular formula is C17H22F3N3. The van der Waals surface area contributed by atoms with E-state index in [9.17, 15) is 13.2 Å². The van der Waals surface area contributed by atoms with Crippen LogP contribution in [0.3, 0.4) is 0 Å². The molecule has 0 bridgehead atoms. The number of hydrogen-bond acceptors (Lipinski definition) is 3. The van der Waals surface area contributed by atoms with E-state index < -0.39 is 11.7 Å². The number of hydrogen-bond donors (Lipinski definition) is 1. The molecule has 1 aromatic rings. The zero-order valence-corrected chi connectivity index (χ0v) is 13.4. The fraction of sp³-hybridized carbons (Fsp3) is 0.529. The Morgan fingerprint density at radius 1 is 1.22 bits per heavy atom. The molecule has 3 atom stereocenters. The van der Waals surface area contributed by atoms with E-state index in [-0.39, 0.29) is 23.3 Å². The first-order valence-electron chi connectivity index (χ1n) is 7.73. The molecule has 1 heterocycles. The van der Waals surface area contributed by atoms with Crippen LogP contribution >= 0.6 is 0 Å². The Kier molecular flexibility index (Phi) is 5.24. The molecule has 1 aliphatic rings. The summed E-state index contributed by atoms with van der Waals surface area (Å²) < 4.78 is 39.7. The van der Waals surface area contributed by atoms with Gasteiger partial charge in [0, 0.05) is 18.4 Å². The van der Waals surface area contributed by atoms with Crippen molar-refractivity contribution in [1.82, 2.24) is 9.97 Å². The van der Waals surface area contributed by atoms with Gasteiger partial charge in [-0.3, -0.25) is 9.97 Å². The van der Waals surface area contributed by atoms with Crippen LogP contribution in [0.1, 0.15) is 44.5 Å². The average Bonchev–Trinajstić information content (AvgIpc) is 2.45. The summed E-state index contributed by atoms with van der Waals surface area (Å²) in [5, 5.41) is 0. The molecule has 0 spiro atoms. The highest BCUT2D eigenvalue weighted by Crippen LogP contribution is 2.40. The van der Waals surface area contributed by atoms with Gasteiger partial charge in [-0.1, -0.05) is 19.6 Å². The van der Waals surface area contributed by atoms with Crippen molar-refractivity contribution >= 4 is 11.1 Å². The topological polar surface area (TPSA) is 51.8 Å². The molecule has 6 heteroatoms. The summed E-state index contributed by atoms with van der Waals surface area (Å²) in [6.07, 6.45) is 1.73. The molecule has 1 fully saturated rings. The highest BCUT2D eigenvalue weighted by molar-refractivity contribution is 5.77. The predicted octanol–water partition coefficient (Wildman–Crippen LogP) is 4.22. The number of nitrogens with zero attached hydrogens (tertiary/aromatic N) is 2. The lowest BCUT2D eigenvalue weighted by atomic mass is 9.75. The quantitative estimate of drug-likeness (QED) is 0.905. The SMILES string of the molecule is C=C(c1nccnc1/C(=C\C)C(F)(F)F)[C@H]1C[C@@H](C)C[C@@H](N)C1. The van der Waals surface area contributed by atoms with E-state index in [1.54, 1.807) is 0 Å². The Morgan fingerprint density at radius 3 is 2.35 bits per heavy atom. The first-order valence-corrected chi connectivity index (χ1v) is 7.73. The first kappa shape index (κ1) is 17.7. The number of allylic oxidation sites excluding steroid dienone is 3. The van der Waals surface area contributed by atoms with Gasteiger partial charge < -0.3 is 5.73 Å². The largest absolute Gasteiger partial charge is 0.418 e. The van der Waals surface area contributed by atoms with E-state index in [0.717, 1.165) is 25.3 Å². The van der Waals surface area contributed by atoms with Crippen LogP contribution in [0.2, 0.25) is 0 Å². The molecular weight excluding hydrogens is 303 g/mol. The molecule has 0 amide bonds. The van der Waals surface area contributed by atoms with Crippen LogP contribution in [0.25, 0.3) is 11.1 Å². The van der Waals surface area contributed by atoms with Gasteiger partial charge in [-0.2, -0.15) is 13.2 Å². The first-order chi connectivity index (χ1) is 10.7. The minimum atomic E-state index is -4.48. The highest BCUT2D eigenvalue weighted by Gasteiger charge is 2.37. The second-order valence-electron chi connectivity index (χ2n) is 6.25. The van der Waals surface area contributed by atoms with E-state index in [1.807, 2.05) is 0 Å². The molecule has 2 rings (SSSR count). The zero-order valence-electron chi connectivity index (χ0n) is 13.4. The molecule has 2 N–H and O–H groups in total. The van der Waals surface area contributed by atoms with Gasteiger partial charge in [0.05, 0.1) is 11.3 Å². The molecule has 1 aromatic heterocycles. The molecule has 1 aliphatic carbocycles. The molecule has 0 unspecified atom stereocenters. The fourth-order valence-electron chi connectivity index (χ4n) is 3.34. The van der Waals surface area contributed by atoms with Crippen LogP contribution in [0, 0.1) is 11.8 Å². The molecule has 0 aromatic carbocycles. The fourth-order valence-corrected chi connectivity index (χ4v) is 3.34. The van der Waals surface area contributed by atoms with E-state index in [4.69, 9.17) is 5.73 Å². The van der Waals surface area contributed by atoms with Crippen LogP contribution in [0.4, 0.5) is 13.2 Å². The standard InChI is InChI=1S/C17H22F3N3/c1-4-14(17(18,19)20)16-15(22-5-6-23-16)11(3)12-7-10(2)8-13(21)9-12/h4-6,10,12-13H,3,7-9,21H2,1-2H3/b14-4+/t10-,12+,13-/m1/s1. The monoisotopic (exact) mass is 325 g/mol. The third-order valence-corrected chi connectivity index (χ3v) is 4.32. The van der Waals surface area contributed by atoms with Crippen molar-refractivity contribution in [2.45, 2.75) is 45.3 Å². The van der Waals surface area contributed by atoms with E-state index in [1.165, 1.54) is 19.3 Å². The summed E-state index contributed by atoms with van der Waals surface area (Å²) in [5.41, 5.74) is 5.94. The number of alkyl halides is 3. The summed E-state index contributed by atoms with van der Waals surface area (Å²) in [6, 6.07) is 0.0458. The van der Waals surface area contributed by atoms with Gasteiger partial charge in [0.15, 0.2) is 0 Å². The third kappa shape index (κ3) is 3.99. The number of aromatic nitrogens is 2. The molecule has 1 saturated carbocycles. The van der Waals surface area contributed by atoms with Gasteiger partial charge in [0.1, 0.15) is 5.69 Å². The summed E-state index contributed by atoms with van der Waals surface area (Å²) in [4.78, 5) is 8.07. The van der Waals surface area contributed by atoms with Gasteiger partial charge in [-0.15, -0.1) is 0 Å². The van der Waals surface area contributed by atoms with E-state index >= 15 is 0 Å². The van der Waals surface area contributed by atoms with Crippen molar-refractivity contribution in [3.8, 4) is 0 Å². The average molecular weight is 325 g/mol. The van der Waals surface area contributed by atoms with Crippen LogP contribution in [-0.2, 0) is 0 Å². The van der Waals surface area contributed by atoms with Gasteiger partial charge in [-0.25, -0.2) is 0 Å². The third-order valence-electron chi connectivity index (χ3n) is 4.32. The van der Waals surface area contributed by atoms with E-state index in [2.05, 4.69) is 23.5 Å². The number of nitrogens with two attached hydrogens (primary N) is 1. The number of halogens is 3. The Bertz CT molecular complexity index is 597. The van der Waals surface area contributed by atoms with Crippen molar-refractivity contribution in [3.63, 3.8) is 0 Å². The zero-order chi connectivity index (χ0) is 17.2. The molecule has 23 heavy (non-hydrogen) atoms. The lowest BCUT2D eigenvalue weighted by Crippen LogP contribution is -2.32. The normalized spacial score (nSPS) is 26.2. The Labute approximate surface area is 134 Å². The van der Waals surface area contributed by atoms with E-state index in [0.29, 0.717) is 11.5 Å². The van der Waals surface area contributed by atoms with Crippen LogP contribution < -0.4 is 5.73 Å². The second-order valence-corrected chi connectivity index (χ2v) is 6.25. The molecule has 3 nitrogen and oxygen atoms in total. The second kappa shape index (κ2) is 6.83. The maximum absolute atomic E-state index is 13.2. The maximum Gasteiger partial charge on any atom is 0.418 e. The van der Waals surface area contributed by atoms with Crippen molar-refractivity contribution in [2.24, 2.45) is 17.6 Å². The number of rotatable bonds is 3. The van der Waals surface area contributed by atoms with Crippen molar-refractivity contribution in [1.29, 1.82) is 0 Å². The maximum atomic E-state index is 13.2. The molecule has 0 radical (unpaired) electrons. The van der Waals surface area contributed by atoms with Crippen molar-refractivity contribution in [2.75, 3.05) is 0 Å². The Morgan fingerprint density at radius 2 is 1.83 bits per heavy atom. The summed E-state index contributed by atoms with van der Waals surface area (Å²) in [7, 11) is 0. The highest BCUT2D eigenvalue weighted by atomic mass is 19.4. The predicted molar refractivity (Wildman–Crippen MR) is 85.3 cm³/mol. The van der Waals surface area contributed by atoms with Gasteiger partial charge in [0.2, 0.25) is 0 Å². The van der Waals surface area contributed by atoms with Crippen LogP contribution in [-0.4, -0.2) is 22.2 Å². The molecule has 0 saturated heterocycles. The van der Waals surface area contributed by atoms with Crippen molar-refractivity contribution < 1.29 is 13.2 Å². The Balaban J connectivity index is 2.39. The summed E-state index contributed by atoms with van der Waals surface area (Å²) >= 11 is 0. The van der Waals surface area contributed by atoms with Crippen LogP contribution in [0.15, 0.2) is 25.0 Å². The summed E-state index contributed by atoms with van der Waals surface area (Å²) in [6.45, 7) is 7.48. The van der Waals surface area contributed by atoms with Crippen LogP contribution in [0.5, 0.6) is 0 Å². The summed E-state index contributed by atoms with van der Waals surface area (Å²) in [5.74, 6) is 0.458. The Hall–Kier alpha value is -1.69. The van der Waals surface area contributed by atoms with Crippen molar-refractivity contribution in [3.05, 3.63) is 36.4 Å². The minimum absolute atomic E-state index is 0.0375. The molecule has 126 valence electrons. The molecule has 0 aliphatic heterocycles. The minimum Gasteiger partial charge on any atom is -0.328 e.